The van der Waals surface area contributed by atoms with Crippen LogP contribution >= 0.6 is 11.3 Å². The molecule has 1 saturated heterocycles. The molecule has 1 N–H and O–H groups in total. The summed E-state index contributed by atoms with van der Waals surface area (Å²) < 4.78 is 0. The van der Waals surface area contributed by atoms with Crippen molar-refractivity contribution in [1.82, 2.24) is 15.2 Å². The zero-order chi connectivity index (χ0) is 12.6. The zero-order valence-corrected chi connectivity index (χ0v) is 12.3. The van der Waals surface area contributed by atoms with Crippen LogP contribution in [0.5, 0.6) is 0 Å². The first-order valence-corrected chi connectivity index (χ1v) is 7.90. The number of hydrogen-bond acceptors (Lipinski definition) is 4. The monoisotopic (exact) mass is 265 g/mol. The molecule has 100 valence electrons. The van der Waals surface area contributed by atoms with Crippen molar-refractivity contribution < 1.29 is 0 Å². The minimum Gasteiger partial charge on any atom is -0.314 e. The highest BCUT2D eigenvalue weighted by Crippen LogP contribution is 2.37. The SMILES string of the molecule is Cc1nc(CN2CCNCC23CCCC3)sc1C. The molecule has 4 heteroatoms. The highest BCUT2D eigenvalue weighted by Gasteiger charge is 2.41. The average molecular weight is 265 g/mol. The molecule has 1 aliphatic heterocycles. The molecule has 1 saturated carbocycles. The second kappa shape index (κ2) is 4.91. The quantitative estimate of drug-likeness (QED) is 0.890. The predicted molar refractivity (Wildman–Crippen MR) is 76.1 cm³/mol. The number of hydrogen-bond donors (Lipinski definition) is 1. The molecule has 2 heterocycles. The molecular formula is C14H23N3S. The highest BCUT2D eigenvalue weighted by atomic mass is 32.1. The van der Waals surface area contributed by atoms with Crippen molar-refractivity contribution >= 4 is 11.3 Å². The topological polar surface area (TPSA) is 28.2 Å². The van der Waals surface area contributed by atoms with Crippen molar-refractivity contribution in [3.05, 3.63) is 15.6 Å². The fourth-order valence-corrected chi connectivity index (χ4v) is 4.38. The second-order valence-electron chi connectivity index (χ2n) is 5.78. The Morgan fingerprint density at radius 3 is 2.78 bits per heavy atom. The fourth-order valence-electron chi connectivity index (χ4n) is 3.43. The third-order valence-corrected chi connectivity index (χ3v) is 5.67. The summed E-state index contributed by atoms with van der Waals surface area (Å²) in [5, 5.41) is 4.90. The highest BCUT2D eigenvalue weighted by molar-refractivity contribution is 7.11. The Labute approximate surface area is 114 Å². The lowest BCUT2D eigenvalue weighted by molar-refractivity contribution is 0.0572. The van der Waals surface area contributed by atoms with Crippen molar-refractivity contribution in [2.75, 3.05) is 19.6 Å². The van der Waals surface area contributed by atoms with Gasteiger partial charge in [-0.2, -0.15) is 0 Å². The molecule has 0 unspecified atom stereocenters. The Bertz CT molecular complexity index is 401. The number of piperazine rings is 1. The van der Waals surface area contributed by atoms with E-state index in [1.54, 1.807) is 0 Å². The van der Waals surface area contributed by atoms with Crippen LogP contribution in [-0.2, 0) is 6.54 Å². The minimum absolute atomic E-state index is 0.436. The molecule has 0 amide bonds. The van der Waals surface area contributed by atoms with Gasteiger partial charge in [0, 0.05) is 30.1 Å². The lowest BCUT2D eigenvalue weighted by Crippen LogP contribution is -2.59. The molecule has 1 aromatic rings. The number of rotatable bonds is 2. The molecular weight excluding hydrogens is 242 g/mol. The van der Waals surface area contributed by atoms with Gasteiger partial charge in [0.15, 0.2) is 0 Å². The Balaban J connectivity index is 1.77. The fraction of sp³-hybridized carbons (Fsp3) is 0.786. The van der Waals surface area contributed by atoms with Gasteiger partial charge < -0.3 is 5.32 Å². The molecule has 3 nitrogen and oxygen atoms in total. The molecule has 0 atom stereocenters. The van der Waals surface area contributed by atoms with Gasteiger partial charge in [-0.15, -0.1) is 11.3 Å². The van der Waals surface area contributed by atoms with Gasteiger partial charge in [-0.05, 0) is 26.7 Å². The van der Waals surface area contributed by atoms with Gasteiger partial charge in [0.2, 0.25) is 0 Å². The summed E-state index contributed by atoms with van der Waals surface area (Å²) in [4.78, 5) is 8.79. The van der Waals surface area contributed by atoms with Gasteiger partial charge in [0.1, 0.15) is 5.01 Å². The molecule has 1 aliphatic carbocycles. The van der Waals surface area contributed by atoms with E-state index < -0.39 is 0 Å². The molecule has 0 radical (unpaired) electrons. The zero-order valence-electron chi connectivity index (χ0n) is 11.5. The van der Waals surface area contributed by atoms with Crippen molar-refractivity contribution in [2.24, 2.45) is 0 Å². The second-order valence-corrected chi connectivity index (χ2v) is 7.07. The summed E-state index contributed by atoms with van der Waals surface area (Å²) >= 11 is 1.88. The number of nitrogens with one attached hydrogen (secondary N) is 1. The maximum absolute atomic E-state index is 4.72. The van der Waals surface area contributed by atoms with Crippen LogP contribution in [0.15, 0.2) is 0 Å². The summed E-state index contributed by atoms with van der Waals surface area (Å²) in [6.07, 6.45) is 5.52. The van der Waals surface area contributed by atoms with Crippen molar-refractivity contribution in [3.63, 3.8) is 0 Å². The Morgan fingerprint density at radius 1 is 1.33 bits per heavy atom. The van der Waals surface area contributed by atoms with E-state index in [4.69, 9.17) is 4.98 Å². The molecule has 2 fully saturated rings. The summed E-state index contributed by atoms with van der Waals surface area (Å²) in [6, 6.07) is 0. The smallest absolute Gasteiger partial charge is 0.107 e. The van der Waals surface area contributed by atoms with Crippen molar-refractivity contribution in [3.8, 4) is 0 Å². The van der Waals surface area contributed by atoms with Crippen LogP contribution < -0.4 is 5.32 Å². The van der Waals surface area contributed by atoms with Crippen LogP contribution in [0, 0.1) is 13.8 Å². The Hall–Kier alpha value is -0.450. The third-order valence-electron chi connectivity index (χ3n) is 4.62. The van der Waals surface area contributed by atoms with Crippen LogP contribution in [0.4, 0.5) is 0 Å². The molecule has 0 aromatic carbocycles. The van der Waals surface area contributed by atoms with E-state index in [9.17, 15) is 0 Å². The maximum atomic E-state index is 4.72. The van der Waals surface area contributed by atoms with Gasteiger partial charge in [-0.25, -0.2) is 4.98 Å². The van der Waals surface area contributed by atoms with E-state index in [1.807, 2.05) is 11.3 Å². The summed E-state index contributed by atoms with van der Waals surface area (Å²) in [7, 11) is 0. The average Bonchev–Trinajstić information content (AvgIpc) is 2.92. The molecule has 3 rings (SSSR count). The van der Waals surface area contributed by atoms with E-state index in [2.05, 4.69) is 24.1 Å². The van der Waals surface area contributed by atoms with E-state index in [0.29, 0.717) is 5.54 Å². The molecule has 0 bridgehead atoms. The van der Waals surface area contributed by atoms with Gasteiger partial charge in [-0.3, -0.25) is 4.90 Å². The van der Waals surface area contributed by atoms with Gasteiger partial charge in [0.05, 0.1) is 12.2 Å². The Morgan fingerprint density at radius 2 is 2.11 bits per heavy atom. The number of thiazole rings is 1. The lowest BCUT2D eigenvalue weighted by atomic mass is 9.93. The number of aryl methyl sites for hydroxylation is 2. The molecule has 18 heavy (non-hydrogen) atoms. The third kappa shape index (κ3) is 2.22. The number of aromatic nitrogens is 1. The lowest BCUT2D eigenvalue weighted by Gasteiger charge is -2.45. The van der Waals surface area contributed by atoms with Gasteiger partial charge in [0.25, 0.3) is 0 Å². The largest absolute Gasteiger partial charge is 0.314 e. The van der Waals surface area contributed by atoms with E-state index in [0.717, 1.165) is 13.1 Å². The maximum Gasteiger partial charge on any atom is 0.107 e. The van der Waals surface area contributed by atoms with Crippen molar-refractivity contribution in [1.29, 1.82) is 0 Å². The summed E-state index contributed by atoms with van der Waals surface area (Å²) in [6.45, 7) is 8.85. The van der Waals surface area contributed by atoms with E-state index >= 15 is 0 Å². The standard InChI is InChI=1S/C14H23N3S/c1-11-12(2)18-13(16-11)9-17-8-7-15-10-14(17)5-3-4-6-14/h15H,3-10H2,1-2H3. The van der Waals surface area contributed by atoms with Crippen LogP contribution in [0.2, 0.25) is 0 Å². The van der Waals surface area contributed by atoms with Gasteiger partial charge >= 0.3 is 0 Å². The minimum atomic E-state index is 0.436. The van der Waals surface area contributed by atoms with Gasteiger partial charge in [-0.1, -0.05) is 12.8 Å². The molecule has 1 aromatic heterocycles. The molecule has 2 aliphatic rings. The van der Waals surface area contributed by atoms with Crippen LogP contribution in [-0.4, -0.2) is 35.1 Å². The Kier molecular flexibility index (Phi) is 3.43. The summed E-state index contributed by atoms with van der Waals surface area (Å²) in [5.74, 6) is 0. The van der Waals surface area contributed by atoms with Crippen LogP contribution in [0.25, 0.3) is 0 Å². The molecule has 1 spiro atoms. The normalized spacial score (nSPS) is 23.9. The number of nitrogens with zero attached hydrogens (tertiary/aromatic N) is 2. The first-order valence-electron chi connectivity index (χ1n) is 7.08. The van der Waals surface area contributed by atoms with Crippen molar-refractivity contribution in [2.45, 2.75) is 51.6 Å². The predicted octanol–water partition coefficient (Wildman–Crippen LogP) is 2.48. The van der Waals surface area contributed by atoms with E-state index in [1.165, 1.54) is 54.4 Å². The van der Waals surface area contributed by atoms with Crippen LogP contribution in [0.3, 0.4) is 0 Å². The summed E-state index contributed by atoms with van der Waals surface area (Å²) in [5.41, 5.74) is 1.65. The first kappa shape index (κ1) is 12.6. The van der Waals surface area contributed by atoms with Crippen LogP contribution in [0.1, 0.15) is 41.3 Å². The first-order chi connectivity index (χ1) is 8.70. The van der Waals surface area contributed by atoms with E-state index in [-0.39, 0.29) is 0 Å².